The van der Waals surface area contributed by atoms with Gasteiger partial charge in [0.1, 0.15) is 18.2 Å². The second kappa shape index (κ2) is 8.65. The Labute approximate surface area is 162 Å². The number of rotatable bonds is 1. The molecule has 7 heteroatoms. The van der Waals surface area contributed by atoms with Crippen molar-refractivity contribution in [2.45, 2.75) is 19.0 Å². The van der Waals surface area contributed by atoms with E-state index < -0.39 is 11.7 Å². The third-order valence-corrected chi connectivity index (χ3v) is 4.78. The van der Waals surface area contributed by atoms with Crippen LogP contribution in [0.4, 0.5) is 13.2 Å². The standard InChI is InChI=1S/C20H19F3N2O.CH4O/c21-20(22,23)16-6-3-14(4-7-16)15-5-8-18-17(13-15)19(24-9-12-26-18)25-10-1-2-11-25;1-2/h3-8,13H,1-2,9-12H2;2H,1H3. The molecular formula is C21H23F3N2O2. The summed E-state index contributed by atoms with van der Waals surface area (Å²) in [6.07, 6.45) is -2.03. The Bertz CT molecular complexity index is 827. The van der Waals surface area contributed by atoms with Crippen LogP contribution in [0.1, 0.15) is 24.0 Å². The number of halogens is 3. The van der Waals surface area contributed by atoms with Gasteiger partial charge in [-0.25, -0.2) is 0 Å². The molecule has 2 aliphatic heterocycles. The first kappa shape index (κ1) is 20.2. The van der Waals surface area contributed by atoms with Crippen LogP contribution in [0.2, 0.25) is 0 Å². The second-order valence-electron chi connectivity index (χ2n) is 6.53. The Morgan fingerprint density at radius 2 is 1.61 bits per heavy atom. The highest BCUT2D eigenvalue weighted by molar-refractivity contribution is 6.02. The molecule has 1 N–H and O–H groups in total. The minimum Gasteiger partial charge on any atom is -0.491 e. The van der Waals surface area contributed by atoms with Gasteiger partial charge in [-0.05, 0) is 48.2 Å². The number of aliphatic imine (C=N–C) groups is 1. The van der Waals surface area contributed by atoms with Crippen molar-refractivity contribution in [3.8, 4) is 16.9 Å². The molecule has 0 bridgehead atoms. The van der Waals surface area contributed by atoms with E-state index >= 15 is 0 Å². The van der Waals surface area contributed by atoms with Gasteiger partial charge in [-0.2, -0.15) is 13.2 Å². The Hall–Kier alpha value is -2.54. The zero-order valence-corrected chi connectivity index (χ0v) is 15.7. The van der Waals surface area contributed by atoms with Crippen LogP contribution in [-0.4, -0.2) is 49.2 Å². The number of benzene rings is 2. The summed E-state index contributed by atoms with van der Waals surface area (Å²) in [7, 11) is 1.00. The highest BCUT2D eigenvalue weighted by Gasteiger charge is 2.30. The molecule has 2 aromatic carbocycles. The summed E-state index contributed by atoms with van der Waals surface area (Å²) < 4.78 is 44.1. The number of fused-ring (bicyclic) bond motifs is 1. The first-order chi connectivity index (χ1) is 13.5. The summed E-state index contributed by atoms with van der Waals surface area (Å²) in [5.74, 6) is 1.72. The zero-order chi connectivity index (χ0) is 20.1. The normalized spacial score (nSPS) is 16.3. The Morgan fingerprint density at radius 3 is 2.25 bits per heavy atom. The largest absolute Gasteiger partial charge is 0.491 e. The first-order valence-electron chi connectivity index (χ1n) is 9.21. The lowest BCUT2D eigenvalue weighted by atomic mass is 10.00. The van der Waals surface area contributed by atoms with E-state index in [1.54, 1.807) is 0 Å². The van der Waals surface area contributed by atoms with Gasteiger partial charge < -0.3 is 14.7 Å². The van der Waals surface area contributed by atoms with E-state index in [0.29, 0.717) is 13.2 Å². The van der Waals surface area contributed by atoms with Crippen LogP contribution in [0.25, 0.3) is 11.1 Å². The smallest absolute Gasteiger partial charge is 0.416 e. The summed E-state index contributed by atoms with van der Waals surface area (Å²) in [5, 5.41) is 7.00. The highest BCUT2D eigenvalue weighted by atomic mass is 19.4. The number of aliphatic hydroxyl groups is 1. The molecule has 0 saturated carbocycles. The van der Waals surface area contributed by atoms with Gasteiger partial charge in [0.25, 0.3) is 0 Å². The number of hydrogen-bond acceptors (Lipinski definition) is 4. The van der Waals surface area contributed by atoms with Crippen molar-refractivity contribution in [2.24, 2.45) is 4.99 Å². The Morgan fingerprint density at radius 1 is 0.964 bits per heavy atom. The van der Waals surface area contributed by atoms with Crippen LogP contribution in [0.3, 0.4) is 0 Å². The molecule has 4 nitrogen and oxygen atoms in total. The van der Waals surface area contributed by atoms with Crippen molar-refractivity contribution >= 4 is 5.84 Å². The molecule has 0 atom stereocenters. The van der Waals surface area contributed by atoms with Gasteiger partial charge in [-0.15, -0.1) is 0 Å². The predicted octanol–water partition coefficient (Wildman–Crippen LogP) is 4.22. The molecule has 2 heterocycles. The minimum atomic E-state index is -4.32. The number of ether oxygens (including phenoxy) is 1. The first-order valence-corrected chi connectivity index (χ1v) is 9.21. The van der Waals surface area contributed by atoms with Crippen LogP contribution in [0, 0.1) is 0 Å². The van der Waals surface area contributed by atoms with Gasteiger partial charge in [-0.1, -0.05) is 18.2 Å². The van der Waals surface area contributed by atoms with Gasteiger partial charge in [-0.3, -0.25) is 4.99 Å². The summed E-state index contributed by atoms with van der Waals surface area (Å²) in [6, 6.07) is 11.0. The van der Waals surface area contributed by atoms with Crippen LogP contribution >= 0.6 is 0 Å². The van der Waals surface area contributed by atoms with Crippen molar-refractivity contribution in [3.63, 3.8) is 0 Å². The zero-order valence-electron chi connectivity index (χ0n) is 15.7. The molecule has 0 amide bonds. The fourth-order valence-electron chi connectivity index (χ4n) is 3.45. The maximum Gasteiger partial charge on any atom is 0.416 e. The number of nitrogens with zero attached hydrogens (tertiary/aromatic N) is 2. The van der Waals surface area contributed by atoms with E-state index in [0.717, 1.165) is 73.4 Å². The number of alkyl halides is 3. The van der Waals surface area contributed by atoms with E-state index in [9.17, 15) is 13.2 Å². The topological polar surface area (TPSA) is 45.1 Å². The van der Waals surface area contributed by atoms with Gasteiger partial charge in [0, 0.05) is 20.2 Å². The molecule has 0 unspecified atom stereocenters. The highest BCUT2D eigenvalue weighted by Crippen LogP contribution is 2.33. The molecule has 0 spiro atoms. The second-order valence-corrected chi connectivity index (χ2v) is 6.53. The van der Waals surface area contributed by atoms with Crippen molar-refractivity contribution in [1.29, 1.82) is 0 Å². The van der Waals surface area contributed by atoms with Crippen molar-refractivity contribution in [3.05, 3.63) is 53.6 Å². The lowest BCUT2D eigenvalue weighted by Crippen LogP contribution is -2.28. The minimum absolute atomic E-state index is 0.532. The predicted molar refractivity (Wildman–Crippen MR) is 103 cm³/mol. The van der Waals surface area contributed by atoms with Gasteiger partial charge >= 0.3 is 6.18 Å². The fourth-order valence-corrected chi connectivity index (χ4v) is 3.45. The monoisotopic (exact) mass is 392 g/mol. The van der Waals surface area contributed by atoms with Crippen LogP contribution in [-0.2, 0) is 6.18 Å². The molecule has 2 aromatic rings. The molecule has 0 radical (unpaired) electrons. The van der Waals surface area contributed by atoms with Gasteiger partial charge in [0.15, 0.2) is 0 Å². The SMILES string of the molecule is CO.FC(F)(F)c1ccc(-c2ccc3c(c2)C(N2CCCC2)=NCCO3)cc1. The molecule has 0 aromatic heterocycles. The number of amidine groups is 1. The summed E-state index contributed by atoms with van der Waals surface area (Å²) in [5.41, 5.74) is 1.88. The lowest BCUT2D eigenvalue weighted by molar-refractivity contribution is -0.137. The summed E-state index contributed by atoms with van der Waals surface area (Å²) >= 11 is 0. The van der Waals surface area contributed by atoms with Crippen molar-refractivity contribution in [2.75, 3.05) is 33.4 Å². The third-order valence-electron chi connectivity index (χ3n) is 4.78. The van der Waals surface area contributed by atoms with Crippen LogP contribution in [0.5, 0.6) is 5.75 Å². The summed E-state index contributed by atoms with van der Waals surface area (Å²) in [4.78, 5) is 6.96. The Kier molecular flexibility index (Phi) is 6.24. The quantitative estimate of drug-likeness (QED) is 0.791. The Balaban J connectivity index is 0.00000109. The molecule has 0 aliphatic carbocycles. The van der Waals surface area contributed by atoms with Crippen LogP contribution < -0.4 is 4.74 Å². The number of aliphatic hydroxyl groups excluding tert-OH is 1. The average molecular weight is 392 g/mol. The maximum atomic E-state index is 12.8. The lowest BCUT2D eigenvalue weighted by Gasteiger charge is -2.21. The van der Waals surface area contributed by atoms with E-state index in [1.807, 2.05) is 18.2 Å². The molecule has 1 saturated heterocycles. The van der Waals surface area contributed by atoms with Gasteiger partial charge in [0.2, 0.25) is 0 Å². The van der Waals surface area contributed by atoms with E-state index in [2.05, 4.69) is 4.90 Å². The van der Waals surface area contributed by atoms with E-state index in [4.69, 9.17) is 14.8 Å². The van der Waals surface area contributed by atoms with E-state index in [-0.39, 0.29) is 0 Å². The molecule has 150 valence electrons. The molecule has 4 rings (SSSR count). The molecular weight excluding hydrogens is 369 g/mol. The van der Waals surface area contributed by atoms with E-state index in [1.165, 1.54) is 12.1 Å². The fraction of sp³-hybridized carbons (Fsp3) is 0.381. The third kappa shape index (κ3) is 4.30. The average Bonchev–Trinajstić information content (AvgIpc) is 3.16. The summed E-state index contributed by atoms with van der Waals surface area (Å²) in [6.45, 7) is 3.09. The molecule has 2 aliphatic rings. The number of likely N-dealkylation sites (tertiary alicyclic amines) is 1. The molecule has 1 fully saturated rings. The van der Waals surface area contributed by atoms with Gasteiger partial charge in [0.05, 0.1) is 17.7 Å². The van der Waals surface area contributed by atoms with Crippen molar-refractivity contribution in [1.82, 2.24) is 4.90 Å². The van der Waals surface area contributed by atoms with Crippen LogP contribution in [0.15, 0.2) is 47.5 Å². The maximum absolute atomic E-state index is 12.8. The molecule has 28 heavy (non-hydrogen) atoms. The van der Waals surface area contributed by atoms with Crippen molar-refractivity contribution < 1.29 is 23.0 Å². The number of hydrogen-bond donors (Lipinski definition) is 1.